The highest BCUT2D eigenvalue weighted by Crippen LogP contribution is 2.29. The van der Waals surface area contributed by atoms with E-state index in [0.717, 1.165) is 30.0 Å². The lowest BCUT2D eigenvalue weighted by Gasteiger charge is -2.24. The average molecular weight is 375 g/mol. The molecule has 1 atom stereocenters. The van der Waals surface area contributed by atoms with Crippen molar-refractivity contribution in [2.75, 3.05) is 0 Å². The molecule has 2 heterocycles. The van der Waals surface area contributed by atoms with Crippen LogP contribution in [0, 0.1) is 6.92 Å². The maximum Gasteiger partial charge on any atom is 0.233 e. The fraction of sp³-hybridized carbons (Fsp3) is 0.526. The summed E-state index contributed by atoms with van der Waals surface area (Å²) >= 11 is 1.43. The van der Waals surface area contributed by atoms with Crippen molar-refractivity contribution in [1.29, 1.82) is 0 Å². The standard InChI is InChI=1S/C19H26N4O2S/c1-4-11-23-17(16-10-12-25-13(16)2)21-22-19(23)26-14(3)18(24)20-15-8-6-5-7-9-15/h4,10,12,14-15H,1,5-9,11H2,2-3H3,(H,20,24). The first-order valence-corrected chi connectivity index (χ1v) is 10.0. The van der Waals surface area contributed by atoms with Gasteiger partial charge in [0.1, 0.15) is 5.76 Å². The van der Waals surface area contributed by atoms with E-state index < -0.39 is 0 Å². The Balaban J connectivity index is 1.72. The van der Waals surface area contributed by atoms with Crippen molar-refractivity contribution in [2.45, 2.75) is 68.9 Å². The molecule has 1 unspecified atom stereocenters. The van der Waals surface area contributed by atoms with Crippen LogP contribution in [-0.2, 0) is 11.3 Å². The second kappa shape index (κ2) is 8.58. The first kappa shape index (κ1) is 18.8. The smallest absolute Gasteiger partial charge is 0.233 e. The van der Waals surface area contributed by atoms with Gasteiger partial charge in [-0.15, -0.1) is 16.8 Å². The van der Waals surface area contributed by atoms with Crippen LogP contribution >= 0.6 is 11.8 Å². The van der Waals surface area contributed by atoms with E-state index in [2.05, 4.69) is 22.1 Å². The Morgan fingerprint density at radius 2 is 2.23 bits per heavy atom. The predicted octanol–water partition coefficient (Wildman–Crippen LogP) is 3.96. The van der Waals surface area contributed by atoms with E-state index in [1.807, 2.05) is 24.5 Å². The zero-order chi connectivity index (χ0) is 18.5. The third-order valence-electron chi connectivity index (χ3n) is 4.73. The van der Waals surface area contributed by atoms with Crippen molar-refractivity contribution < 1.29 is 9.21 Å². The lowest BCUT2D eigenvalue weighted by molar-refractivity contribution is -0.121. The molecular weight excluding hydrogens is 348 g/mol. The molecule has 0 aromatic carbocycles. The summed E-state index contributed by atoms with van der Waals surface area (Å²) in [5.41, 5.74) is 0.908. The lowest BCUT2D eigenvalue weighted by Crippen LogP contribution is -2.40. The fourth-order valence-electron chi connectivity index (χ4n) is 3.26. The number of nitrogens with zero attached hydrogens (tertiary/aromatic N) is 3. The van der Waals surface area contributed by atoms with Gasteiger partial charge in [-0.25, -0.2) is 0 Å². The van der Waals surface area contributed by atoms with Gasteiger partial charge in [0.25, 0.3) is 0 Å². The molecule has 0 spiro atoms. The summed E-state index contributed by atoms with van der Waals surface area (Å²) in [5, 5.41) is 12.3. The summed E-state index contributed by atoms with van der Waals surface area (Å²) < 4.78 is 7.36. The quantitative estimate of drug-likeness (QED) is 0.586. The maximum absolute atomic E-state index is 12.5. The number of rotatable bonds is 7. The van der Waals surface area contributed by atoms with Gasteiger partial charge in [-0.3, -0.25) is 9.36 Å². The number of aromatic nitrogens is 3. The SMILES string of the molecule is C=CCn1c(SC(C)C(=O)NC2CCCCC2)nnc1-c1ccoc1C. The Hall–Kier alpha value is -2.02. The van der Waals surface area contributed by atoms with Crippen LogP contribution in [0.3, 0.4) is 0 Å². The molecule has 0 aliphatic heterocycles. The number of hydrogen-bond donors (Lipinski definition) is 1. The van der Waals surface area contributed by atoms with Crippen LogP contribution in [0.2, 0.25) is 0 Å². The molecule has 3 rings (SSSR count). The van der Waals surface area contributed by atoms with Gasteiger partial charge in [0.15, 0.2) is 11.0 Å². The van der Waals surface area contributed by atoms with Crippen LogP contribution in [0.5, 0.6) is 0 Å². The molecular formula is C19H26N4O2S. The van der Waals surface area contributed by atoms with Crippen molar-refractivity contribution in [3.8, 4) is 11.4 Å². The summed E-state index contributed by atoms with van der Waals surface area (Å²) in [6.07, 6.45) is 9.29. The first-order chi connectivity index (χ1) is 12.6. The zero-order valence-corrected chi connectivity index (χ0v) is 16.2. The Bertz CT molecular complexity index is 761. The topological polar surface area (TPSA) is 73.0 Å². The normalized spacial score (nSPS) is 16.4. The zero-order valence-electron chi connectivity index (χ0n) is 15.4. The molecule has 1 saturated carbocycles. The minimum absolute atomic E-state index is 0.0658. The highest BCUT2D eigenvalue weighted by atomic mass is 32.2. The van der Waals surface area contributed by atoms with Crippen LogP contribution in [0.1, 0.15) is 44.8 Å². The van der Waals surface area contributed by atoms with E-state index in [4.69, 9.17) is 4.42 Å². The Morgan fingerprint density at radius 3 is 2.88 bits per heavy atom. The molecule has 1 aliphatic rings. The summed E-state index contributed by atoms with van der Waals surface area (Å²) in [7, 11) is 0. The molecule has 2 aromatic rings. The largest absolute Gasteiger partial charge is 0.469 e. The van der Waals surface area contributed by atoms with E-state index in [-0.39, 0.29) is 11.2 Å². The number of carbonyl (C=O) groups excluding carboxylic acids is 1. The number of furan rings is 1. The lowest BCUT2D eigenvalue weighted by atomic mass is 9.95. The van der Waals surface area contributed by atoms with Crippen molar-refractivity contribution in [2.24, 2.45) is 0 Å². The van der Waals surface area contributed by atoms with Crippen LogP contribution in [0.25, 0.3) is 11.4 Å². The maximum atomic E-state index is 12.5. The van der Waals surface area contributed by atoms with E-state index >= 15 is 0 Å². The molecule has 6 nitrogen and oxygen atoms in total. The van der Waals surface area contributed by atoms with E-state index in [9.17, 15) is 4.79 Å². The molecule has 1 N–H and O–H groups in total. The van der Waals surface area contributed by atoms with Gasteiger partial charge in [-0.05, 0) is 32.8 Å². The second-order valence-corrected chi connectivity index (χ2v) is 8.01. The van der Waals surface area contributed by atoms with E-state index in [1.165, 1.54) is 31.0 Å². The number of allylic oxidation sites excluding steroid dienone is 1. The molecule has 1 fully saturated rings. The third kappa shape index (κ3) is 4.20. The van der Waals surface area contributed by atoms with Crippen molar-refractivity contribution in [3.63, 3.8) is 0 Å². The van der Waals surface area contributed by atoms with Gasteiger partial charge in [-0.2, -0.15) is 0 Å². The van der Waals surface area contributed by atoms with Crippen molar-refractivity contribution in [3.05, 3.63) is 30.7 Å². The molecule has 1 amide bonds. The van der Waals surface area contributed by atoms with Gasteiger partial charge in [0, 0.05) is 12.6 Å². The van der Waals surface area contributed by atoms with E-state index in [0.29, 0.717) is 17.7 Å². The molecule has 7 heteroatoms. The van der Waals surface area contributed by atoms with Gasteiger partial charge in [-0.1, -0.05) is 37.1 Å². The van der Waals surface area contributed by atoms with Gasteiger partial charge >= 0.3 is 0 Å². The van der Waals surface area contributed by atoms with E-state index in [1.54, 1.807) is 12.3 Å². The highest BCUT2D eigenvalue weighted by molar-refractivity contribution is 8.00. The molecule has 0 bridgehead atoms. The first-order valence-electron chi connectivity index (χ1n) is 9.15. The van der Waals surface area contributed by atoms with Gasteiger partial charge in [0.2, 0.25) is 5.91 Å². The molecule has 2 aromatic heterocycles. The van der Waals surface area contributed by atoms with Crippen LogP contribution in [0.15, 0.2) is 34.6 Å². The summed E-state index contributed by atoms with van der Waals surface area (Å²) in [6.45, 7) is 8.21. The summed E-state index contributed by atoms with van der Waals surface area (Å²) in [4.78, 5) is 12.5. The van der Waals surface area contributed by atoms with Gasteiger partial charge < -0.3 is 9.73 Å². The number of carbonyl (C=O) groups is 1. The number of thioether (sulfide) groups is 1. The van der Waals surface area contributed by atoms with Crippen LogP contribution < -0.4 is 5.32 Å². The number of amides is 1. The number of aryl methyl sites for hydroxylation is 1. The Labute approximate surface area is 158 Å². The number of hydrogen-bond acceptors (Lipinski definition) is 5. The highest BCUT2D eigenvalue weighted by Gasteiger charge is 2.24. The average Bonchev–Trinajstić information content (AvgIpc) is 3.22. The summed E-state index contributed by atoms with van der Waals surface area (Å²) in [6, 6.07) is 2.20. The van der Waals surface area contributed by atoms with Crippen molar-refractivity contribution >= 4 is 17.7 Å². The van der Waals surface area contributed by atoms with Crippen LogP contribution in [-0.4, -0.2) is 32.0 Å². The van der Waals surface area contributed by atoms with Crippen molar-refractivity contribution in [1.82, 2.24) is 20.1 Å². The fourth-order valence-corrected chi connectivity index (χ4v) is 4.13. The van der Waals surface area contributed by atoms with Crippen LogP contribution in [0.4, 0.5) is 0 Å². The minimum atomic E-state index is -0.233. The van der Waals surface area contributed by atoms with Gasteiger partial charge in [0.05, 0.1) is 17.1 Å². The monoisotopic (exact) mass is 374 g/mol. The third-order valence-corrected chi connectivity index (χ3v) is 5.81. The predicted molar refractivity (Wildman–Crippen MR) is 103 cm³/mol. The molecule has 26 heavy (non-hydrogen) atoms. The molecule has 140 valence electrons. The summed E-state index contributed by atoms with van der Waals surface area (Å²) in [5.74, 6) is 1.59. The number of nitrogens with one attached hydrogen (secondary N) is 1. The molecule has 0 radical (unpaired) electrons. The molecule has 0 saturated heterocycles. The Kier molecular flexibility index (Phi) is 6.19. The minimum Gasteiger partial charge on any atom is -0.469 e. The second-order valence-electron chi connectivity index (χ2n) is 6.70. The Morgan fingerprint density at radius 1 is 1.46 bits per heavy atom. The molecule has 1 aliphatic carbocycles.